The highest BCUT2D eigenvalue weighted by Gasteiger charge is 2.16. The van der Waals surface area contributed by atoms with Gasteiger partial charge in [-0.25, -0.2) is 0 Å². The fourth-order valence-corrected chi connectivity index (χ4v) is 4.91. The smallest absolute Gasteiger partial charge is 0.0436 e. The van der Waals surface area contributed by atoms with Crippen molar-refractivity contribution in [3.05, 3.63) is 63.2 Å². The van der Waals surface area contributed by atoms with Gasteiger partial charge in [-0.15, -0.1) is 11.3 Å². The number of fused-ring (bicyclic) bond motifs is 2. The van der Waals surface area contributed by atoms with Crippen LogP contribution in [0.2, 0.25) is 0 Å². The molecule has 1 N–H and O–H groups in total. The monoisotopic (exact) mass is 400 g/mol. The molecule has 2 heterocycles. The van der Waals surface area contributed by atoms with Crippen LogP contribution < -0.4 is 5.32 Å². The molecule has 4 rings (SSSR count). The summed E-state index contributed by atoms with van der Waals surface area (Å²) in [6.45, 7) is 1.05. The van der Waals surface area contributed by atoms with E-state index in [9.17, 15) is 0 Å². The summed E-state index contributed by atoms with van der Waals surface area (Å²) in [5.74, 6) is 0. The Morgan fingerprint density at radius 1 is 1.21 bits per heavy atom. The fourth-order valence-electron chi connectivity index (χ4n) is 3.57. The number of benzene rings is 1. The minimum Gasteiger partial charge on any atom is -0.314 e. The molecular weight excluding hydrogens is 380 g/mol. The summed E-state index contributed by atoms with van der Waals surface area (Å²) in [6, 6.07) is 11.5. The lowest BCUT2D eigenvalue weighted by Crippen LogP contribution is -2.31. The summed E-state index contributed by atoms with van der Waals surface area (Å²) in [4.78, 5) is 4.55. The molecule has 3 aromatic rings. The van der Waals surface area contributed by atoms with Gasteiger partial charge < -0.3 is 5.32 Å². The molecule has 124 valence electrons. The molecule has 1 aliphatic carbocycles. The van der Waals surface area contributed by atoms with E-state index >= 15 is 0 Å². The minimum atomic E-state index is 0.607. The molecule has 0 saturated heterocycles. The van der Waals surface area contributed by atoms with Gasteiger partial charge in [0.05, 0.1) is 0 Å². The van der Waals surface area contributed by atoms with Crippen LogP contribution in [0.15, 0.2) is 46.4 Å². The van der Waals surface area contributed by atoms with Gasteiger partial charge in [-0.2, -0.15) is 0 Å². The van der Waals surface area contributed by atoms with Gasteiger partial charge in [0.25, 0.3) is 0 Å². The molecular formula is C20H21BrN2S. The molecule has 1 unspecified atom stereocenters. The van der Waals surface area contributed by atoms with E-state index in [2.05, 4.69) is 61.9 Å². The molecule has 1 atom stereocenters. The van der Waals surface area contributed by atoms with Crippen LogP contribution in [0.3, 0.4) is 0 Å². The first kappa shape index (κ1) is 16.2. The number of nitrogens with one attached hydrogen (secondary N) is 1. The van der Waals surface area contributed by atoms with Crippen LogP contribution in [0.5, 0.6) is 0 Å². The van der Waals surface area contributed by atoms with E-state index < -0.39 is 0 Å². The molecule has 0 bridgehead atoms. The Morgan fingerprint density at radius 2 is 2.12 bits per heavy atom. The largest absolute Gasteiger partial charge is 0.314 e. The van der Waals surface area contributed by atoms with E-state index in [1.54, 1.807) is 0 Å². The molecule has 4 heteroatoms. The normalized spacial score (nSPS) is 17.6. The van der Waals surface area contributed by atoms with Gasteiger partial charge in [-0.3, -0.25) is 4.98 Å². The number of halogens is 1. The van der Waals surface area contributed by atoms with Gasteiger partial charge in [-0.05, 0) is 84.8 Å². The van der Waals surface area contributed by atoms with Crippen LogP contribution in [-0.2, 0) is 19.3 Å². The molecule has 1 aromatic carbocycles. The Balaban J connectivity index is 1.35. The van der Waals surface area contributed by atoms with E-state index in [0.717, 1.165) is 30.3 Å². The molecule has 0 fully saturated rings. The zero-order chi connectivity index (χ0) is 16.4. The Labute approximate surface area is 155 Å². The van der Waals surface area contributed by atoms with Gasteiger partial charge in [0.1, 0.15) is 0 Å². The Bertz CT molecular complexity index is 816. The van der Waals surface area contributed by atoms with Crippen molar-refractivity contribution in [1.82, 2.24) is 10.3 Å². The van der Waals surface area contributed by atoms with Crippen LogP contribution in [0.25, 0.3) is 10.1 Å². The maximum absolute atomic E-state index is 4.55. The molecule has 2 aromatic heterocycles. The maximum Gasteiger partial charge on any atom is 0.0436 e. The highest BCUT2D eigenvalue weighted by atomic mass is 79.9. The number of hydrogen-bond acceptors (Lipinski definition) is 3. The number of aromatic nitrogens is 1. The van der Waals surface area contributed by atoms with Gasteiger partial charge in [0, 0.05) is 27.1 Å². The molecule has 0 radical (unpaired) electrons. The average Bonchev–Trinajstić information content (AvgIpc) is 2.87. The van der Waals surface area contributed by atoms with Crippen molar-refractivity contribution in [2.45, 2.75) is 38.1 Å². The van der Waals surface area contributed by atoms with Crippen LogP contribution in [-0.4, -0.2) is 17.6 Å². The average molecular weight is 401 g/mol. The molecule has 2 nitrogen and oxygen atoms in total. The Kier molecular flexibility index (Phi) is 4.97. The van der Waals surface area contributed by atoms with Crippen molar-refractivity contribution in [2.75, 3.05) is 6.54 Å². The van der Waals surface area contributed by atoms with E-state index in [0.29, 0.717) is 6.04 Å². The van der Waals surface area contributed by atoms with Gasteiger partial charge in [0.2, 0.25) is 0 Å². The fraction of sp³-hybridized carbons (Fsp3) is 0.350. The first-order chi connectivity index (χ1) is 11.8. The number of thiophene rings is 1. The van der Waals surface area contributed by atoms with Crippen molar-refractivity contribution in [1.29, 1.82) is 0 Å². The predicted octanol–water partition coefficient (Wildman–Crippen LogP) is 5.14. The highest BCUT2D eigenvalue weighted by molar-refractivity contribution is 9.10. The summed E-state index contributed by atoms with van der Waals surface area (Å²) >= 11 is 5.43. The zero-order valence-corrected chi connectivity index (χ0v) is 16.0. The minimum absolute atomic E-state index is 0.607. The van der Waals surface area contributed by atoms with Crippen LogP contribution in [0.4, 0.5) is 0 Å². The summed E-state index contributed by atoms with van der Waals surface area (Å²) < 4.78 is 2.54. The van der Waals surface area contributed by atoms with E-state index in [-0.39, 0.29) is 0 Å². The van der Waals surface area contributed by atoms with Crippen molar-refractivity contribution in [3.8, 4) is 0 Å². The third-order valence-electron chi connectivity index (χ3n) is 4.92. The van der Waals surface area contributed by atoms with E-state index in [1.807, 2.05) is 17.5 Å². The molecule has 0 aliphatic heterocycles. The summed E-state index contributed by atoms with van der Waals surface area (Å²) in [7, 11) is 0. The maximum atomic E-state index is 4.55. The van der Waals surface area contributed by atoms with Crippen molar-refractivity contribution < 1.29 is 0 Å². The standard InChI is InChI=1S/C20H21BrN2S/c21-16-4-8-20-18(12-16)15(13-24-20)9-11-22-17-5-3-14-2-1-10-23-19(14)7-6-17/h1-2,4,8,10,12-13,17,22H,3,5-7,9,11H2. The third-order valence-corrected chi connectivity index (χ3v) is 6.42. The topological polar surface area (TPSA) is 24.9 Å². The Morgan fingerprint density at radius 3 is 3.08 bits per heavy atom. The zero-order valence-electron chi connectivity index (χ0n) is 13.6. The first-order valence-corrected chi connectivity index (χ1v) is 10.3. The van der Waals surface area contributed by atoms with Gasteiger partial charge in [-0.1, -0.05) is 22.0 Å². The lowest BCUT2D eigenvalue weighted by Gasteiger charge is -2.15. The van der Waals surface area contributed by atoms with Crippen LogP contribution in [0, 0.1) is 0 Å². The van der Waals surface area contributed by atoms with Crippen LogP contribution >= 0.6 is 27.3 Å². The highest BCUT2D eigenvalue weighted by Crippen LogP contribution is 2.29. The number of hydrogen-bond donors (Lipinski definition) is 1. The van der Waals surface area contributed by atoms with Crippen LogP contribution in [0.1, 0.15) is 29.7 Å². The second-order valence-corrected chi connectivity index (χ2v) is 8.32. The lowest BCUT2D eigenvalue weighted by atomic mass is 10.1. The number of pyridine rings is 1. The summed E-state index contributed by atoms with van der Waals surface area (Å²) in [6.07, 6.45) is 7.68. The Hall–Kier alpha value is -1.23. The quantitative estimate of drug-likeness (QED) is 0.613. The van der Waals surface area contributed by atoms with Crippen molar-refractivity contribution >= 4 is 37.4 Å². The molecule has 0 amide bonds. The molecule has 1 aliphatic rings. The molecule has 0 spiro atoms. The third kappa shape index (κ3) is 3.56. The second-order valence-electron chi connectivity index (χ2n) is 6.49. The lowest BCUT2D eigenvalue weighted by molar-refractivity contribution is 0.466. The summed E-state index contributed by atoms with van der Waals surface area (Å²) in [5.41, 5.74) is 4.20. The molecule has 0 saturated carbocycles. The van der Waals surface area contributed by atoms with Crippen molar-refractivity contribution in [3.63, 3.8) is 0 Å². The number of nitrogens with zero attached hydrogens (tertiary/aromatic N) is 1. The first-order valence-electron chi connectivity index (χ1n) is 8.61. The van der Waals surface area contributed by atoms with E-state index in [1.165, 1.54) is 39.7 Å². The number of aryl methyl sites for hydroxylation is 2. The van der Waals surface area contributed by atoms with E-state index in [4.69, 9.17) is 0 Å². The van der Waals surface area contributed by atoms with Gasteiger partial charge >= 0.3 is 0 Å². The number of rotatable bonds is 4. The van der Waals surface area contributed by atoms with Gasteiger partial charge in [0.15, 0.2) is 0 Å². The molecule has 24 heavy (non-hydrogen) atoms. The van der Waals surface area contributed by atoms with Crippen molar-refractivity contribution in [2.24, 2.45) is 0 Å². The SMILES string of the molecule is Brc1ccc2scc(CCNC3CCc4cccnc4CC3)c2c1. The second kappa shape index (κ2) is 7.34. The predicted molar refractivity (Wildman–Crippen MR) is 106 cm³/mol. The summed E-state index contributed by atoms with van der Waals surface area (Å²) in [5, 5.41) is 7.49.